The van der Waals surface area contributed by atoms with Crippen molar-refractivity contribution in [1.29, 1.82) is 0 Å². The van der Waals surface area contributed by atoms with E-state index < -0.39 is 17.6 Å². The number of hydrogen-bond donors (Lipinski definition) is 2. The molecule has 1 aliphatic heterocycles. The van der Waals surface area contributed by atoms with Crippen LogP contribution in [-0.2, 0) is 16.6 Å². The Kier molecular flexibility index (Phi) is 53.2. The summed E-state index contributed by atoms with van der Waals surface area (Å²) in [6.45, 7) is 56.6. The van der Waals surface area contributed by atoms with Gasteiger partial charge >= 0.3 is 0 Å². The highest BCUT2D eigenvalue weighted by Crippen LogP contribution is 2.34. The minimum Gasteiger partial charge on any atom is -0.330 e. The van der Waals surface area contributed by atoms with Crippen LogP contribution in [0.4, 0.5) is 14.7 Å². The fraction of sp³-hybridized carbons (Fsp3) is 0.662. The van der Waals surface area contributed by atoms with Crippen LogP contribution in [0, 0.1) is 49.2 Å². The van der Waals surface area contributed by atoms with Crippen molar-refractivity contribution >= 4 is 28.8 Å². The summed E-state index contributed by atoms with van der Waals surface area (Å²) < 4.78 is 29.4. The zero-order valence-electron chi connectivity index (χ0n) is 58.0. The first-order chi connectivity index (χ1) is 39.0. The quantitative estimate of drug-likeness (QED) is 0.0874. The normalized spacial score (nSPS) is 14.8. The summed E-state index contributed by atoms with van der Waals surface area (Å²) in [4.78, 5) is 29.3. The number of nitrogens with zero attached hydrogens (tertiary/aromatic N) is 2. The number of unbranched alkanes of at least 4 members (excludes halogenated alkanes) is 2. The lowest BCUT2D eigenvalue weighted by Gasteiger charge is -2.30. The molecule has 2 amide bonds. The Hall–Kier alpha value is -4.59. The fourth-order valence-electron chi connectivity index (χ4n) is 9.40. The van der Waals surface area contributed by atoms with Gasteiger partial charge in [-0.25, -0.2) is 13.8 Å². The number of imidazole rings is 1. The molecule has 0 radical (unpaired) electrons. The van der Waals surface area contributed by atoms with Gasteiger partial charge in [0.1, 0.15) is 11.6 Å². The first-order valence-corrected chi connectivity index (χ1v) is 33.0. The number of halogens is 2. The number of allylic oxidation sites excluding steroid dienone is 6. The highest BCUT2D eigenvalue weighted by atomic mass is 19.1. The second-order valence-corrected chi connectivity index (χ2v) is 22.1. The van der Waals surface area contributed by atoms with Crippen LogP contribution in [0.15, 0.2) is 89.2 Å². The SMILES string of the molecule is C1CCCC1.C=C(C)/C=C(\C=C(/C)C(C)=C(CC)CC)C(=O)Nc1nc2ccc(C)cc2n1C.C=C1CC[C@H](c2c(F)cc(C)cc2F)C(=O)N1.CC.CC.CC.CCC.CCCC.CCCCC(C)[C@H](C)C(CCC)CCC(C)CC. The molecule has 1 aliphatic carbocycles. The van der Waals surface area contributed by atoms with E-state index in [1.54, 1.807) is 6.92 Å². The highest BCUT2D eigenvalue weighted by molar-refractivity contribution is 6.06. The highest BCUT2D eigenvalue weighted by Gasteiger charge is 2.30. The van der Waals surface area contributed by atoms with Crippen molar-refractivity contribution in [2.75, 3.05) is 5.32 Å². The van der Waals surface area contributed by atoms with E-state index in [0.717, 1.165) is 64.3 Å². The van der Waals surface area contributed by atoms with Gasteiger partial charge in [0.2, 0.25) is 11.9 Å². The van der Waals surface area contributed by atoms with Gasteiger partial charge in [-0.3, -0.25) is 14.9 Å². The number of benzene rings is 2. The van der Waals surface area contributed by atoms with Gasteiger partial charge in [-0.1, -0.05) is 251 Å². The molecule has 3 aromatic rings. The van der Waals surface area contributed by atoms with Crippen LogP contribution in [-0.4, -0.2) is 21.4 Å². The number of carbonyl (C=O) groups is 2. The molecule has 472 valence electrons. The van der Waals surface area contributed by atoms with Crippen LogP contribution in [0.1, 0.15) is 296 Å². The number of fused-ring (bicyclic) bond motifs is 1. The number of carbonyl (C=O) groups excluding carboxylic acids is 2. The molecular weight excluding hydrogens is 1010 g/mol. The van der Waals surface area contributed by atoms with E-state index in [0.29, 0.717) is 35.6 Å². The van der Waals surface area contributed by atoms with Gasteiger partial charge < -0.3 is 9.88 Å². The van der Waals surface area contributed by atoms with Gasteiger partial charge in [0.15, 0.2) is 0 Å². The largest absolute Gasteiger partial charge is 0.330 e. The maximum absolute atomic E-state index is 13.7. The van der Waals surface area contributed by atoms with Crippen LogP contribution in [0.5, 0.6) is 0 Å². The lowest BCUT2D eigenvalue weighted by Crippen LogP contribution is -2.34. The Bertz CT molecular complexity index is 2220. The first kappa shape index (κ1) is 83.9. The monoisotopic (exact) mass is 1150 g/mol. The third-order valence-corrected chi connectivity index (χ3v) is 15.0. The van der Waals surface area contributed by atoms with E-state index in [1.165, 1.54) is 126 Å². The van der Waals surface area contributed by atoms with Crippen molar-refractivity contribution in [3.63, 3.8) is 0 Å². The molecule has 0 bridgehead atoms. The van der Waals surface area contributed by atoms with Crippen molar-refractivity contribution in [2.45, 2.75) is 294 Å². The van der Waals surface area contributed by atoms with Gasteiger partial charge in [-0.05, 0) is 149 Å². The third kappa shape index (κ3) is 34.9. The minimum absolute atomic E-state index is 0.138. The van der Waals surface area contributed by atoms with E-state index in [2.05, 4.69) is 132 Å². The maximum atomic E-state index is 13.7. The Morgan fingerprint density at radius 3 is 1.72 bits per heavy atom. The summed E-state index contributed by atoms with van der Waals surface area (Å²) in [6, 6.07) is 8.55. The van der Waals surface area contributed by atoms with Crippen LogP contribution in [0.2, 0.25) is 0 Å². The zero-order valence-corrected chi connectivity index (χ0v) is 58.0. The number of aryl methyl sites for hydroxylation is 3. The maximum Gasteiger partial charge on any atom is 0.257 e. The number of hydrogen-bond acceptors (Lipinski definition) is 3. The topological polar surface area (TPSA) is 76.0 Å². The number of rotatable bonds is 20. The summed E-state index contributed by atoms with van der Waals surface area (Å²) in [6.07, 6.45) is 29.3. The lowest BCUT2D eigenvalue weighted by molar-refractivity contribution is -0.123. The summed E-state index contributed by atoms with van der Waals surface area (Å²) in [5, 5.41) is 5.50. The number of amides is 2. The summed E-state index contributed by atoms with van der Waals surface area (Å²) >= 11 is 0. The van der Waals surface area contributed by atoms with E-state index in [-0.39, 0.29) is 17.4 Å². The number of piperidine rings is 1. The van der Waals surface area contributed by atoms with Gasteiger partial charge in [-0.15, -0.1) is 0 Å². The molecule has 82 heavy (non-hydrogen) atoms. The van der Waals surface area contributed by atoms with Gasteiger partial charge in [-0.2, -0.15) is 0 Å². The van der Waals surface area contributed by atoms with Crippen molar-refractivity contribution in [2.24, 2.45) is 30.7 Å². The molecule has 6 nitrogen and oxygen atoms in total. The lowest BCUT2D eigenvalue weighted by atomic mass is 9.76. The van der Waals surface area contributed by atoms with Gasteiger partial charge in [0, 0.05) is 23.9 Å². The van der Waals surface area contributed by atoms with Crippen LogP contribution in [0.3, 0.4) is 0 Å². The Labute approximate surface area is 506 Å². The average molecular weight is 1150 g/mol. The van der Waals surface area contributed by atoms with Crippen molar-refractivity contribution < 1.29 is 18.4 Å². The number of anilines is 1. The van der Waals surface area contributed by atoms with Crippen molar-refractivity contribution in [3.05, 3.63) is 118 Å². The second-order valence-electron chi connectivity index (χ2n) is 22.1. The number of nitrogens with one attached hydrogen (secondary N) is 2. The van der Waals surface area contributed by atoms with Crippen molar-refractivity contribution in [1.82, 2.24) is 14.9 Å². The third-order valence-electron chi connectivity index (χ3n) is 15.0. The van der Waals surface area contributed by atoms with Crippen molar-refractivity contribution in [3.8, 4) is 0 Å². The second kappa shape index (κ2) is 52.0. The van der Waals surface area contributed by atoms with Gasteiger partial charge in [0.05, 0.1) is 17.0 Å². The van der Waals surface area contributed by atoms with Gasteiger partial charge in [0.25, 0.3) is 5.91 Å². The van der Waals surface area contributed by atoms with Crippen LogP contribution >= 0.6 is 0 Å². The Balaban J connectivity index is -0.000000497. The average Bonchev–Trinajstić information content (AvgIpc) is 4.16. The van der Waals surface area contributed by atoms with Crippen LogP contribution < -0.4 is 10.6 Å². The molecule has 0 spiro atoms. The molecule has 2 aromatic carbocycles. The molecule has 8 heteroatoms. The first-order valence-electron chi connectivity index (χ1n) is 33.0. The van der Waals surface area contributed by atoms with E-state index in [9.17, 15) is 18.4 Å². The summed E-state index contributed by atoms with van der Waals surface area (Å²) in [7, 11) is 1.91. The minimum atomic E-state index is -0.763. The predicted octanol–water partition coefficient (Wildman–Crippen LogP) is 24.1. The molecule has 2 fully saturated rings. The fourth-order valence-corrected chi connectivity index (χ4v) is 9.40. The molecule has 1 saturated heterocycles. The Morgan fingerprint density at radius 1 is 0.756 bits per heavy atom. The zero-order chi connectivity index (χ0) is 63.9. The molecule has 5 rings (SSSR count). The smallest absolute Gasteiger partial charge is 0.257 e. The number of aromatic nitrogens is 2. The van der Waals surface area contributed by atoms with E-state index in [4.69, 9.17) is 0 Å². The van der Waals surface area contributed by atoms with Crippen LogP contribution in [0.25, 0.3) is 11.0 Å². The molecule has 2 N–H and O–H groups in total. The molecule has 2 heterocycles. The van der Waals surface area contributed by atoms with E-state index in [1.807, 2.05) is 91.3 Å². The predicted molar refractivity (Wildman–Crippen MR) is 363 cm³/mol. The molecule has 3 unspecified atom stereocenters. The van der Waals surface area contributed by atoms with E-state index >= 15 is 0 Å². The summed E-state index contributed by atoms with van der Waals surface area (Å²) in [5.41, 5.74) is 9.11. The molecule has 2 aliphatic rings. The molecule has 5 atom stereocenters. The standard InChI is InChI=1S/C25H33N3O.C18H38.C13H13F2NO.C5H10.C4H10.C3H8.3C2H6/c1-9-20(10-2)19(7)18(6)15-21(13-16(3)4)24(29)27-25-26-22-12-11-17(5)14-23(22)28(25)8;1-7-10-12-16(5)17(6)18(11-8-2)14-13-15(4)9-3;1-7-5-10(14)12(11(15)6-7)9-4-3-8(2)16-13(9)17;1-2-4-5-3-1;1-3-4-2;1-3-2;3*1-2/h11-15H,3,9-10H2,1-2,4-8H3,(H,26,27,29);15-18H,7-14H2,1-6H3;5-6,9H,2-4H2,1H3,(H,16,17);1-5H2;3-4H2,1-2H3;3H2,1-2H3;3*1-2H3/b18-15+,21-13+;;;;;;;;/t;15?,16?,17-,18?;9-;;;;;;/m.01....../s1. The summed E-state index contributed by atoms with van der Waals surface area (Å²) in [5.74, 6) is 1.60. The molecule has 1 saturated carbocycles. The molecule has 1 aromatic heterocycles. The molecular formula is C74H130F2N4O2. The Morgan fingerprint density at radius 2 is 1.28 bits per heavy atom.